The van der Waals surface area contributed by atoms with Crippen LogP contribution in [0.3, 0.4) is 0 Å². The van der Waals surface area contributed by atoms with Gasteiger partial charge in [0.25, 0.3) is 0 Å². The molecule has 1 aliphatic heterocycles. The summed E-state index contributed by atoms with van der Waals surface area (Å²) < 4.78 is 15.0. The van der Waals surface area contributed by atoms with Crippen molar-refractivity contribution in [3.63, 3.8) is 0 Å². The van der Waals surface area contributed by atoms with Gasteiger partial charge in [-0.05, 0) is 35.4 Å². The van der Waals surface area contributed by atoms with Crippen LogP contribution >= 0.6 is 0 Å². The summed E-state index contributed by atoms with van der Waals surface area (Å²) in [5.41, 5.74) is 4.79. The summed E-state index contributed by atoms with van der Waals surface area (Å²) in [6.45, 7) is 1.55. The minimum Gasteiger partial charge on any atom is -0.497 e. The number of nitrogens with zero attached hydrogens (tertiary/aromatic N) is 5. The molecule has 1 atom stereocenters. The topological polar surface area (TPSA) is 73.9 Å². The van der Waals surface area contributed by atoms with Crippen molar-refractivity contribution in [2.75, 3.05) is 26.8 Å². The van der Waals surface area contributed by atoms with Crippen molar-refractivity contribution in [2.24, 2.45) is 7.05 Å². The molecule has 1 aliphatic rings. The number of imidazole rings is 1. The third-order valence-electron chi connectivity index (χ3n) is 5.81. The van der Waals surface area contributed by atoms with Crippen LogP contribution in [-0.2, 0) is 23.0 Å². The van der Waals surface area contributed by atoms with Gasteiger partial charge in [0.1, 0.15) is 11.9 Å². The number of ether oxygens (including phenoxy) is 2. The fraction of sp³-hybridized carbons (Fsp3) is 0.292. The summed E-state index contributed by atoms with van der Waals surface area (Å²) in [6.07, 6.45) is 5.74. The number of carbonyl (C=O) groups excluding carboxylic acids is 1. The average Bonchev–Trinajstić information content (AvgIpc) is 3.44. The summed E-state index contributed by atoms with van der Waals surface area (Å²) >= 11 is 0. The Labute approximate surface area is 186 Å². The summed E-state index contributed by atoms with van der Waals surface area (Å²) in [5, 5.41) is 4.31. The lowest BCUT2D eigenvalue weighted by Crippen LogP contribution is -2.43. The van der Waals surface area contributed by atoms with Gasteiger partial charge in [0.15, 0.2) is 0 Å². The zero-order chi connectivity index (χ0) is 22.1. The SMILES string of the molecule is COc1ccc(-c2ccc3c(C4CN(C(=O)Cc5ccn(C)n5)CCO4)ncn3c2)cc1. The zero-order valence-corrected chi connectivity index (χ0v) is 18.1. The Hall–Kier alpha value is -3.65. The smallest absolute Gasteiger partial charge is 0.228 e. The van der Waals surface area contributed by atoms with Crippen LogP contribution in [0.5, 0.6) is 5.75 Å². The number of hydrogen-bond acceptors (Lipinski definition) is 5. The van der Waals surface area contributed by atoms with Crippen LogP contribution < -0.4 is 4.74 Å². The molecule has 4 aromatic rings. The third-order valence-corrected chi connectivity index (χ3v) is 5.81. The molecule has 0 spiro atoms. The molecule has 0 aliphatic carbocycles. The minimum atomic E-state index is -0.256. The summed E-state index contributed by atoms with van der Waals surface area (Å²) in [5.74, 6) is 0.888. The number of carbonyl (C=O) groups is 1. The van der Waals surface area contributed by atoms with E-state index in [0.717, 1.165) is 33.8 Å². The largest absolute Gasteiger partial charge is 0.497 e. The van der Waals surface area contributed by atoms with Crippen molar-refractivity contribution in [3.05, 3.63) is 72.6 Å². The molecular formula is C24H25N5O3. The van der Waals surface area contributed by atoms with E-state index in [9.17, 15) is 4.79 Å². The van der Waals surface area contributed by atoms with E-state index in [4.69, 9.17) is 9.47 Å². The monoisotopic (exact) mass is 431 g/mol. The first-order valence-corrected chi connectivity index (χ1v) is 10.6. The van der Waals surface area contributed by atoms with E-state index in [-0.39, 0.29) is 12.0 Å². The molecule has 5 rings (SSSR count). The molecule has 164 valence electrons. The molecule has 1 amide bonds. The van der Waals surface area contributed by atoms with Gasteiger partial charge in [-0.3, -0.25) is 9.48 Å². The van der Waals surface area contributed by atoms with Gasteiger partial charge in [0.05, 0.1) is 49.9 Å². The number of amides is 1. The Morgan fingerprint density at radius 3 is 2.72 bits per heavy atom. The number of morpholine rings is 1. The van der Waals surface area contributed by atoms with Gasteiger partial charge in [0.2, 0.25) is 5.91 Å². The number of pyridine rings is 1. The van der Waals surface area contributed by atoms with Crippen LogP contribution in [0.1, 0.15) is 17.5 Å². The summed E-state index contributed by atoms with van der Waals surface area (Å²) in [6, 6.07) is 14.0. The Kier molecular flexibility index (Phi) is 5.36. The maximum absolute atomic E-state index is 12.8. The first-order valence-electron chi connectivity index (χ1n) is 10.6. The maximum atomic E-state index is 12.8. The fourth-order valence-electron chi connectivity index (χ4n) is 4.09. The second-order valence-electron chi connectivity index (χ2n) is 7.93. The van der Waals surface area contributed by atoms with Crippen molar-refractivity contribution in [1.82, 2.24) is 24.1 Å². The molecule has 4 heterocycles. The molecule has 0 bridgehead atoms. The van der Waals surface area contributed by atoms with Crippen LogP contribution in [-0.4, -0.2) is 56.8 Å². The van der Waals surface area contributed by atoms with Crippen LogP contribution in [0.15, 0.2) is 61.2 Å². The Balaban J connectivity index is 1.34. The Morgan fingerprint density at radius 1 is 1.16 bits per heavy atom. The summed E-state index contributed by atoms with van der Waals surface area (Å²) in [7, 11) is 3.51. The molecule has 3 aromatic heterocycles. The van der Waals surface area contributed by atoms with Crippen LogP contribution in [0, 0.1) is 0 Å². The average molecular weight is 431 g/mol. The van der Waals surface area contributed by atoms with E-state index >= 15 is 0 Å². The highest BCUT2D eigenvalue weighted by molar-refractivity contribution is 5.78. The molecule has 32 heavy (non-hydrogen) atoms. The quantitative estimate of drug-likeness (QED) is 0.486. The molecule has 1 unspecified atom stereocenters. The van der Waals surface area contributed by atoms with Crippen molar-refractivity contribution < 1.29 is 14.3 Å². The van der Waals surface area contributed by atoms with Crippen molar-refractivity contribution in [3.8, 4) is 16.9 Å². The fourth-order valence-corrected chi connectivity index (χ4v) is 4.09. The lowest BCUT2D eigenvalue weighted by molar-refractivity contribution is -0.138. The Morgan fingerprint density at radius 2 is 1.97 bits per heavy atom. The van der Waals surface area contributed by atoms with Gasteiger partial charge in [-0.15, -0.1) is 0 Å². The van der Waals surface area contributed by atoms with E-state index in [1.165, 1.54) is 0 Å². The third kappa shape index (κ3) is 3.97. The lowest BCUT2D eigenvalue weighted by Gasteiger charge is -2.32. The number of rotatable bonds is 5. The number of benzene rings is 1. The second-order valence-corrected chi connectivity index (χ2v) is 7.93. The van der Waals surface area contributed by atoms with E-state index < -0.39 is 0 Å². The van der Waals surface area contributed by atoms with Gasteiger partial charge in [-0.1, -0.05) is 18.2 Å². The highest BCUT2D eigenvalue weighted by Crippen LogP contribution is 2.28. The molecule has 0 saturated carbocycles. The van der Waals surface area contributed by atoms with Gasteiger partial charge in [-0.25, -0.2) is 4.98 Å². The van der Waals surface area contributed by atoms with Gasteiger partial charge in [0, 0.05) is 26.0 Å². The molecule has 1 saturated heterocycles. The van der Waals surface area contributed by atoms with E-state index in [2.05, 4.69) is 28.4 Å². The molecule has 0 N–H and O–H groups in total. The van der Waals surface area contributed by atoms with Crippen molar-refractivity contribution in [2.45, 2.75) is 12.5 Å². The second kappa shape index (κ2) is 8.47. The number of aromatic nitrogens is 4. The molecule has 1 aromatic carbocycles. The number of aryl methyl sites for hydroxylation is 1. The van der Waals surface area contributed by atoms with Crippen LogP contribution in [0.4, 0.5) is 0 Å². The standard InChI is InChI=1S/C24H25N5O3/c1-27-10-9-19(26-27)13-23(30)28-11-12-32-22(15-28)24-21-8-5-18(14-29(21)16-25-24)17-3-6-20(31-2)7-4-17/h3-10,14,16,22H,11-13,15H2,1-2H3. The first kappa shape index (κ1) is 20.3. The highest BCUT2D eigenvalue weighted by Gasteiger charge is 2.28. The maximum Gasteiger partial charge on any atom is 0.228 e. The molecule has 1 fully saturated rings. The molecule has 8 heteroatoms. The van der Waals surface area contributed by atoms with Crippen molar-refractivity contribution in [1.29, 1.82) is 0 Å². The van der Waals surface area contributed by atoms with E-state index in [0.29, 0.717) is 26.1 Å². The zero-order valence-electron chi connectivity index (χ0n) is 18.1. The number of hydrogen-bond donors (Lipinski definition) is 0. The van der Waals surface area contributed by atoms with E-state index in [1.54, 1.807) is 18.1 Å². The van der Waals surface area contributed by atoms with Gasteiger partial charge >= 0.3 is 0 Å². The highest BCUT2D eigenvalue weighted by atomic mass is 16.5. The van der Waals surface area contributed by atoms with Crippen molar-refractivity contribution >= 4 is 11.4 Å². The number of fused-ring (bicyclic) bond motifs is 1. The number of methoxy groups -OCH3 is 1. The normalized spacial score (nSPS) is 16.4. The predicted molar refractivity (Wildman–Crippen MR) is 119 cm³/mol. The molecule has 8 nitrogen and oxygen atoms in total. The Bertz CT molecular complexity index is 1240. The first-order chi connectivity index (χ1) is 15.6. The van der Waals surface area contributed by atoms with Crippen LogP contribution in [0.25, 0.3) is 16.6 Å². The van der Waals surface area contributed by atoms with Crippen LogP contribution in [0.2, 0.25) is 0 Å². The van der Waals surface area contributed by atoms with E-state index in [1.807, 2.05) is 52.9 Å². The van der Waals surface area contributed by atoms with Gasteiger partial charge < -0.3 is 18.8 Å². The molecular weight excluding hydrogens is 406 g/mol. The molecule has 0 radical (unpaired) electrons. The predicted octanol–water partition coefficient (Wildman–Crippen LogP) is 2.89. The lowest BCUT2D eigenvalue weighted by atomic mass is 10.1. The minimum absolute atomic E-state index is 0.0577. The summed E-state index contributed by atoms with van der Waals surface area (Å²) in [4.78, 5) is 19.3. The van der Waals surface area contributed by atoms with Gasteiger partial charge in [-0.2, -0.15) is 5.10 Å².